The molecule has 2 N–H and O–H groups in total. The lowest BCUT2D eigenvalue weighted by atomic mass is 10.1. The summed E-state index contributed by atoms with van der Waals surface area (Å²) in [4.78, 5) is 37.4. The second-order valence-electron chi connectivity index (χ2n) is 7.62. The zero-order valence-electron chi connectivity index (χ0n) is 17.8. The molecule has 0 bridgehead atoms. The van der Waals surface area contributed by atoms with Crippen LogP contribution in [0.15, 0.2) is 82.0 Å². The van der Waals surface area contributed by atoms with Gasteiger partial charge in [-0.3, -0.25) is 14.2 Å². The van der Waals surface area contributed by atoms with Crippen molar-refractivity contribution in [3.63, 3.8) is 0 Å². The fraction of sp³-hybridized carbons (Fsp3) is 0.160. The third-order valence-corrected chi connectivity index (χ3v) is 5.25. The molecule has 0 saturated carbocycles. The number of rotatable bonds is 6. The Kier molecular flexibility index (Phi) is 5.89. The Morgan fingerprint density at radius 3 is 2.53 bits per heavy atom. The fourth-order valence-electron chi connectivity index (χ4n) is 3.47. The molecule has 0 radical (unpaired) electrons. The number of nitrogens with zero attached hydrogens (tertiary/aromatic N) is 1. The molecule has 162 valence electrons. The van der Waals surface area contributed by atoms with Gasteiger partial charge in [0.1, 0.15) is 6.04 Å². The van der Waals surface area contributed by atoms with E-state index in [1.165, 1.54) is 4.57 Å². The number of oxazole rings is 1. The van der Waals surface area contributed by atoms with E-state index >= 15 is 0 Å². The number of carbonyl (C=O) groups excluding carboxylic acids is 2. The molecule has 0 spiro atoms. The minimum atomic E-state index is -0.740. The van der Waals surface area contributed by atoms with E-state index in [1.807, 2.05) is 31.2 Å². The predicted molar refractivity (Wildman–Crippen MR) is 123 cm³/mol. The van der Waals surface area contributed by atoms with Gasteiger partial charge in [0.15, 0.2) is 5.58 Å². The van der Waals surface area contributed by atoms with Gasteiger partial charge in [-0.2, -0.15) is 0 Å². The van der Waals surface area contributed by atoms with Crippen molar-refractivity contribution in [2.24, 2.45) is 0 Å². The number of amides is 2. The molecule has 0 fully saturated rings. The van der Waals surface area contributed by atoms with Gasteiger partial charge in [0, 0.05) is 17.8 Å². The highest BCUT2D eigenvalue weighted by Gasteiger charge is 2.21. The van der Waals surface area contributed by atoms with Gasteiger partial charge in [0.25, 0.3) is 5.91 Å². The van der Waals surface area contributed by atoms with Crippen molar-refractivity contribution >= 4 is 28.6 Å². The number of hydrogen-bond donors (Lipinski definition) is 2. The third-order valence-electron chi connectivity index (χ3n) is 5.25. The number of fused-ring (bicyclic) bond motifs is 1. The van der Waals surface area contributed by atoms with E-state index in [0.717, 1.165) is 11.1 Å². The zero-order chi connectivity index (χ0) is 22.7. The van der Waals surface area contributed by atoms with Crippen molar-refractivity contribution in [3.05, 3.63) is 100 Å². The highest BCUT2D eigenvalue weighted by atomic mass is 16.4. The highest BCUT2D eigenvalue weighted by molar-refractivity contribution is 6.04. The van der Waals surface area contributed by atoms with Crippen LogP contribution in [0.5, 0.6) is 0 Å². The molecule has 0 aliphatic rings. The van der Waals surface area contributed by atoms with Crippen LogP contribution in [-0.2, 0) is 11.3 Å². The van der Waals surface area contributed by atoms with Crippen molar-refractivity contribution in [3.8, 4) is 0 Å². The largest absolute Gasteiger partial charge is 0.420 e. The molecule has 0 aliphatic carbocycles. The number of carbonyl (C=O) groups is 2. The van der Waals surface area contributed by atoms with Crippen molar-refractivity contribution in [2.75, 3.05) is 5.32 Å². The van der Waals surface area contributed by atoms with Crippen LogP contribution in [0.3, 0.4) is 0 Å². The van der Waals surface area contributed by atoms with E-state index in [0.29, 0.717) is 22.4 Å². The van der Waals surface area contributed by atoms with Crippen LogP contribution in [0, 0.1) is 6.92 Å². The molecule has 0 aliphatic heterocycles. The minimum absolute atomic E-state index is 0.203. The summed E-state index contributed by atoms with van der Waals surface area (Å²) in [5, 5.41) is 5.71. The summed E-state index contributed by atoms with van der Waals surface area (Å²) in [5.74, 6) is -1.09. The number of aromatic nitrogens is 1. The SMILES string of the molecule is Cc1ccc(C(=O)Nc2cccc(CNC(=O)C(C)n3c(=O)oc4ccccc43)c2)cc1. The van der Waals surface area contributed by atoms with Crippen LogP contribution in [0.4, 0.5) is 5.69 Å². The summed E-state index contributed by atoms with van der Waals surface area (Å²) >= 11 is 0. The van der Waals surface area contributed by atoms with E-state index in [9.17, 15) is 14.4 Å². The quantitative estimate of drug-likeness (QED) is 0.484. The molecule has 2 amide bonds. The molecule has 4 rings (SSSR count). The number of aryl methyl sites for hydroxylation is 1. The molecule has 7 heteroatoms. The van der Waals surface area contributed by atoms with Gasteiger partial charge >= 0.3 is 5.76 Å². The number of benzene rings is 3. The first kappa shape index (κ1) is 21.1. The Balaban J connectivity index is 1.42. The summed E-state index contributed by atoms with van der Waals surface area (Å²) in [5.41, 5.74) is 4.11. The summed E-state index contributed by atoms with van der Waals surface area (Å²) in [7, 11) is 0. The number of hydrogen-bond acceptors (Lipinski definition) is 4. The lowest BCUT2D eigenvalue weighted by Crippen LogP contribution is -2.34. The summed E-state index contributed by atoms with van der Waals surface area (Å²) in [6, 6.07) is 20.8. The standard InChI is InChI=1S/C25H23N3O4/c1-16-10-12-19(13-11-16)24(30)27-20-7-5-6-18(14-20)15-26-23(29)17(2)28-21-8-3-4-9-22(21)32-25(28)31/h3-14,17H,15H2,1-2H3,(H,26,29)(H,27,30). The van der Waals surface area contributed by atoms with Crippen LogP contribution in [-0.4, -0.2) is 16.4 Å². The summed E-state index contributed by atoms with van der Waals surface area (Å²) in [6.07, 6.45) is 0. The first-order valence-corrected chi connectivity index (χ1v) is 10.3. The third kappa shape index (κ3) is 4.46. The van der Waals surface area contributed by atoms with Gasteiger partial charge in [0.05, 0.1) is 5.52 Å². The minimum Gasteiger partial charge on any atom is -0.408 e. The van der Waals surface area contributed by atoms with E-state index in [-0.39, 0.29) is 18.4 Å². The van der Waals surface area contributed by atoms with Crippen molar-refractivity contribution in [2.45, 2.75) is 26.4 Å². The normalized spacial score (nSPS) is 11.8. The van der Waals surface area contributed by atoms with Gasteiger partial charge in [-0.1, -0.05) is 42.0 Å². The molecular weight excluding hydrogens is 406 g/mol. The Morgan fingerprint density at radius 1 is 1.00 bits per heavy atom. The van der Waals surface area contributed by atoms with Gasteiger partial charge in [-0.05, 0) is 55.8 Å². The Morgan fingerprint density at radius 2 is 1.75 bits per heavy atom. The number of nitrogens with one attached hydrogen (secondary N) is 2. The van der Waals surface area contributed by atoms with Gasteiger partial charge < -0.3 is 15.1 Å². The molecule has 0 saturated heterocycles. The smallest absolute Gasteiger partial charge is 0.408 e. The summed E-state index contributed by atoms with van der Waals surface area (Å²) < 4.78 is 6.55. The van der Waals surface area contributed by atoms with E-state index in [1.54, 1.807) is 55.5 Å². The van der Waals surface area contributed by atoms with Crippen LogP contribution >= 0.6 is 0 Å². The molecular formula is C25H23N3O4. The topological polar surface area (TPSA) is 93.3 Å². The monoisotopic (exact) mass is 429 g/mol. The van der Waals surface area contributed by atoms with Gasteiger partial charge in [0.2, 0.25) is 5.91 Å². The average molecular weight is 429 g/mol. The molecule has 7 nitrogen and oxygen atoms in total. The maximum Gasteiger partial charge on any atom is 0.420 e. The van der Waals surface area contributed by atoms with Crippen molar-refractivity contribution < 1.29 is 14.0 Å². The fourth-order valence-corrected chi connectivity index (χ4v) is 3.47. The molecule has 32 heavy (non-hydrogen) atoms. The van der Waals surface area contributed by atoms with E-state index in [2.05, 4.69) is 10.6 Å². The maximum absolute atomic E-state index is 12.7. The number of para-hydroxylation sites is 2. The molecule has 4 aromatic rings. The molecule has 1 atom stereocenters. The summed E-state index contributed by atoms with van der Waals surface area (Å²) in [6.45, 7) is 3.87. The van der Waals surface area contributed by atoms with E-state index in [4.69, 9.17) is 4.42 Å². The van der Waals surface area contributed by atoms with Crippen LogP contribution in [0.1, 0.15) is 34.5 Å². The first-order valence-electron chi connectivity index (χ1n) is 10.3. The van der Waals surface area contributed by atoms with Crippen LogP contribution in [0.25, 0.3) is 11.1 Å². The first-order chi connectivity index (χ1) is 15.4. The second kappa shape index (κ2) is 8.93. The molecule has 1 heterocycles. The van der Waals surface area contributed by atoms with E-state index < -0.39 is 11.8 Å². The average Bonchev–Trinajstić information content (AvgIpc) is 3.13. The van der Waals surface area contributed by atoms with Crippen molar-refractivity contribution in [1.29, 1.82) is 0 Å². The van der Waals surface area contributed by atoms with Crippen LogP contribution in [0.2, 0.25) is 0 Å². The number of anilines is 1. The molecule has 3 aromatic carbocycles. The van der Waals surface area contributed by atoms with Crippen LogP contribution < -0.4 is 16.4 Å². The Hall–Kier alpha value is -4.13. The zero-order valence-corrected chi connectivity index (χ0v) is 17.8. The Bertz CT molecular complexity index is 1340. The van der Waals surface area contributed by atoms with Crippen molar-refractivity contribution in [1.82, 2.24) is 9.88 Å². The lowest BCUT2D eigenvalue weighted by Gasteiger charge is -2.14. The predicted octanol–water partition coefficient (Wildman–Crippen LogP) is 4.03. The lowest BCUT2D eigenvalue weighted by molar-refractivity contribution is -0.124. The second-order valence-corrected chi connectivity index (χ2v) is 7.62. The molecule has 1 aromatic heterocycles. The maximum atomic E-state index is 12.7. The Labute approximate surface area is 184 Å². The van der Waals surface area contributed by atoms with Gasteiger partial charge in [-0.25, -0.2) is 4.79 Å². The van der Waals surface area contributed by atoms with Gasteiger partial charge in [-0.15, -0.1) is 0 Å². The molecule has 1 unspecified atom stereocenters. The highest BCUT2D eigenvalue weighted by Crippen LogP contribution is 2.17.